The van der Waals surface area contributed by atoms with Crippen LogP contribution in [0.4, 0.5) is 0 Å². The molecule has 0 amide bonds. The van der Waals surface area contributed by atoms with E-state index in [-0.39, 0.29) is 5.41 Å². The third-order valence-electron chi connectivity index (χ3n) is 5.64. The molecule has 126 valence electrons. The molecular formula is C24H25N. The smallest absolute Gasteiger partial charge is 0.0480 e. The highest BCUT2D eigenvalue weighted by Gasteiger charge is 2.43. The Bertz CT molecular complexity index is 677. The molecule has 1 fully saturated rings. The summed E-state index contributed by atoms with van der Waals surface area (Å²) in [4.78, 5) is 0. The molecule has 1 aliphatic heterocycles. The van der Waals surface area contributed by atoms with Gasteiger partial charge in [0.05, 0.1) is 0 Å². The van der Waals surface area contributed by atoms with E-state index in [1.54, 1.807) is 0 Å². The molecule has 0 unspecified atom stereocenters. The number of nitrogens with one attached hydrogen (secondary N) is 1. The number of hydrogen-bond donors (Lipinski definition) is 1. The van der Waals surface area contributed by atoms with E-state index in [4.69, 9.17) is 0 Å². The lowest BCUT2D eigenvalue weighted by atomic mass is 9.59. The summed E-state index contributed by atoms with van der Waals surface area (Å²) < 4.78 is 0. The Morgan fingerprint density at radius 2 is 0.920 bits per heavy atom. The first kappa shape index (κ1) is 16.1. The van der Waals surface area contributed by atoms with Crippen LogP contribution in [0.2, 0.25) is 0 Å². The lowest BCUT2D eigenvalue weighted by molar-refractivity contribution is 0.283. The van der Waals surface area contributed by atoms with Gasteiger partial charge >= 0.3 is 0 Å². The molecular weight excluding hydrogens is 302 g/mol. The lowest BCUT2D eigenvalue weighted by Gasteiger charge is -2.44. The molecule has 0 spiro atoms. The molecule has 0 atom stereocenters. The molecule has 1 aliphatic rings. The van der Waals surface area contributed by atoms with E-state index in [1.165, 1.54) is 29.5 Å². The molecule has 1 saturated heterocycles. The predicted molar refractivity (Wildman–Crippen MR) is 105 cm³/mol. The van der Waals surface area contributed by atoms with Gasteiger partial charge in [-0.2, -0.15) is 0 Å². The third kappa shape index (κ3) is 2.89. The van der Waals surface area contributed by atoms with Gasteiger partial charge in [-0.1, -0.05) is 91.0 Å². The number of rotatable bonds is 4. The largest absolute Gasteiger partial charge is 0.317 e. The molecule has 0 bridgehead atoms. The standard InChI is InChI=1S/C24H25N/c1-4-10-20(11-5-1)24(21-12-6-2-7-13-21,22-14-8-3-9-15-22)23-16-18-25-19-17-23/h1-15,23,25H,16-19H2. The Kier molecular flexibility index (Phi) is 4.67. The van der Waals surface area contributed by atoms with Crippen LogP contribution in [-0.2, 0) is 5.41 Å². The van der Waals surface area contributed by atoms with Gasteiger partial charge in [-0.05, 0) is 48.5 Å². The molecule has 0 aromatic heterocycles. The second kappa shape index (κ2) is 7.25. The van der Waals surface area contributed by atoms with Crippen molar-refractivity contribution in [1.29, 1.82) is 0 Å². The Morgan fingerprint density at radius 1 is 0.560 bits per heavy atom. The van der Waals surface area contributed by atoms with Crippen LogP contribution < -0.4 is 5.32 Å². The molecule has 1 nitrogen and oxygen atoms in total. The average Bonchev–Trinajstić information content (AvgIpc) is 2.72. The van der Waals surface area contributed by atoms with Crippen LogP contribution in [0.25, 0.3) is 0 Å². The summed E-state index contributed by atoms with van der Waals surface area (Å²) in [7, 11) is 0. The summed E-state index contributed by atoms with van der Waals surface area (Å²) in [6, 6.07) is 33.3. The fraction of sp³-hybridized carbons (Fsp3) is 0.250. The third-order valence-corrected chi connectivity index (χ3v) is 5.64. The highest BCUT2D eigenvalue weighted by molar-refractivity contribution is 5.51. The van der Waals surface area contributed by atoms with Crippen LogP contribution in [0.3, 0.4) is 0 Å². The number of hydrogen-bond acceptors (Lipinski definition) is 1. The summed E-state index contributed by atoms with van der Waals surface area (Å²) >= 11 is 0. The van der Waals surface area contributed by atoms with Gasteiger partial charge in [0.1, 0.15) is 0 Å². The van der Waals surface area contributed by atoms with Crippen LogP contribution in [0, 0.1) is 5.92 Å². The van der Waals surface area contributed by atoms with Crippen molar-refractivity contribution in [1.82, 2.24) is 5.32 Å². The van der Waals surface area contributed by atoms with Gasteiger partial charge in [0.25, 0.3) is 0 Å². The van der Waals surface area contributed by atoms with Crippen molar-refractivity contribution in [2.24, 2.45) is 5.92 Å². The van der Waals surface area contributed by atoms with Gasteiger partial charge in [-0.25, -0.2) is 0 Å². The summed E-state index contributed by atoms with van der Waals surface area (Å²) in [5.41, 5.74) is 4.12. The molecule has 25 heavy (non-hydrogen) atoms. The fourth-order valence-corrected chi connectivity index (χ4v) is 4.57. The lowest BCUT2D eigenvalue weighted by Crippen LogP contribution is -2.43. The van der Waals surface area contributed by atoms with E-state index < -0.39 is 0 Å². The van der Waals surface area contributed by atoms with Crippen molar-refractivity contribution in [3.05, 3.63) is 108 Å². The molecule has 0 saturated carbocycles. The Hall–Kier alpha value is -2.38. The van der Waals surface area contributed by atoms with E-state index in [9.17, 15) is 0 Å². The van der Waals surface area contributed by atoms with Crippen LogP contribution in [0.15, 0.2) is 91.0 Å². The van der Waals surface area contributed by atoms with Crippen LogP contribution in [0.5, 0.6) is 0 Å². The minimum Gasteiger partial charge on any atom is -0.317 e. The maximum absolute atomic E-state index is 3.54. The van der Waals surface area contributed by atoms with Gasteiger partial charge in [0.2, 0.25) is 0 Å². The van der Waals surface area contributed by atoms with Gasteiger partial charge in [-0.15, -0.1) is 0 Å². The first-order valence-electron chi connectivity index (χ1n) is 9.29. The van der Waals surface area contributed by atoms with Crippen molar-refractivity contribution in [3.63, 3.8) is 0 Å². The van der Waals surface area contributed by atoms with Crippen molar-refractivity contribution in [2.75, 3.05) is 13.1 Å². The fourth-order valence-electron chi connectivity index (χ4n) is 4.57. The van der Waals surface area contributed by atoms with E-state index in [0.717, 1.165) is 13.1 Å². The second-order valence-electron chi connectivity index (χ2n) is 6.93. The van der Waals surface area contributed by atoms with Crippen LogP contribution in [0.1, 0.15) is 29.5 Å². The SMILES string of the molecule is c1ccc(C(c2ccccc2)(c2ccccc2)C2CCNCC2)cc1. The second-order valence-corrected chi connectivity index (χ2v) is 6.93. The Labute approximate surface area is 150 Å². The van der Waals surface area contributed by atoms with Crippen LogP contribution >= 0.6 is 0 Å². The molecule has 1 N–H and O–H groups in total. The van der Waals surface area contributed by atoms with Gasteiger partial charge < -0.3 is 5.32 Å². The highest BCUT2D eigenvalue weighted by atomic mass is 14.9. The maximum atomic E-state index is 3.54. The van der Waals surface area contributed by atoms with Gasteiger partial charge in [0, 0.05) is 5.41 Å². The Morgan fingerprint density at radius 3 is 1.28 bits per heavy atom. The zero-order valence-corrected chi connectivity index (χ0v) is 14.6. The number of piperidine rings is 1. The average molecular weight is 327 g/mol. The Balaban J connectivity index is 2.01. The molecule has 1 heterocycles. The van der Waals surface area contributed by atoms with E-state index in [1.807, 2.05) is 0 Å². The van der Waals surface area contributed by atoms with Crippen LogP contribution in [-0.4, -0.2) is 13.1 Å². The summed E-state index contributed by atoms with van der Waals surface area (Å²) in [6.07, 6.45) is 2.39. The quantitative estimate of drug-likeness (QED) is 0.663. The molecule has 0 radical (unpaired) electrons. The topological polar surface area (TPSA) is 12.0 Å². The zero-order chi connectivity index (χ0) is 17.0. The minimum atomic E-state index is -0.0914. The highest BCUT2D eigenvalue weighted by Crippen LogP contribution is 2.48. The minimum absolute atomic E-state index is 0.0914. The van der Waals surface area contributed by atoms with E-state index >= 15 is 0 Å². The molecule has 1 heteroatoms. The van der Waals surface area contributed by atoms with Crippen molar-refractivity contribution >= 4 is 0 Å². The summed E-state index contributed by atoms with van der Waals surface area (Å²) in [5, 5.41) is 3.54. The summed E-state index contributed by atoms with van der Waals surface area (Å²) in [5.74, 6) is 0.584. The molecule has 3 aromatic rings. The molecule has 3 aromatic carbocycles. The zero-order valence-electron chi connectivity index (χ0n) is 14.6. The van der Waals surface area contributed by atoms with Crippen molar-refractivity contribution in [2.45, 2.75) is 18.3 Å². The predicted octanol–water partition coefficient (Wildman–Crippen LogP) is 5.02. The van der Waals surface area contributed by atoms with Crippen molar-refractivity contribution in [3.8, 4) is 0 Å². The molecule has 4 rings (SSSR count). The van der Waals surface area contributed by atoms with Crippen molar-refractivity contribution < 1.29 is 0 Å². The van der Waals surface area contributed by atoms with E-state index in [2.05, 4.69) is 96.3 Å². The monoisotopic (exact) mass is 327 g/mol. The van der Waals surface area contributed by atoms with Gasteiger partial charge in [0.15, 0.2) is 0 Å². The first-order chi connectivity index (χ1) is 12.4. The normalized spacial score (nSPS) is 15.8. The number of benzene rings is 3. The van der Waals surface area contributed by atoms with Gasteiger partial charge in [-0.3, -0.25) is 0 Å². The maximum Gasteiger partial charge on any atom is 0.0480 e. The van der Waals surface area contributed by atoms with E-state index in [0.29, 0.717) is 5.92 Å². The summed E-state index contributed by atoms with van der Waals surface area (Å²) in [6.45, 7) is 2.19. The molecule has 0 aliphatic carbocycles. The first-order valence-corrected chi connectivity index (χ1v) is 9.29.